The minimum atomic E-state index is -0.189. The van der Waals surface area contributed by atoms with E-state index in [1.165, 1.54) is 11.3 Å². The van der Waals surface area contributed by atoms with Gasteiger partial charge in [-0.25, -0.2) is 0 Å². The zero-order chi connectivity index (χ0) is 13.0. The van der Waals surface area contributed by atoms with Crippen LogP contribution >= 0.6 is 11.3 Å². The van der Waals surface area contributed by atoms with E-state index in [-0.39, 0.29) is 5.91 Å². The molecule has 18 heavy (non-hydrogen) atoms. The van der Waals surface area contributed by atoms with E-state index >= 15 is 0 Å². The Hall–Kier alpha value is -2.10. The molecule has 1 amide bonds. The summed E-state index contributed by atoms with van der Waals surface area (Å²) in [5, 5.41) is 8.55. The van der Waals surface area contributed by atoms with Gasteiger partial charge in [-0.05, 0) is 6.07 Å². The summed E-state index contributed by atoms with van der Waals surface area (Å²) in [5.74, 6) is 5.98. The molecule has 2 aromatic rings. The number of thiophene rings is 1. The van der Waals surface area contributed by atoms with Crippen LogP contribution in [0.5, 0.6) is 0 Å². The first-order valence-electron chi connectivity index (χ1n) is 5.27. The van der Waals surface area contributed by atoms with Crippen LogP contribution in [-0.2, 0) is 7.05 Å². The first-order chi connectivity index (χ1) is 8.69. The maximum Gasteiger partial charge on any atom is 0.257 e. The lowest BCUT2D eigenvalue weighted by Crippen LogP contribution is -2.11. The van der Waals surface area contributed by atoms with Crippen LogP contribution in [0.2, 0.25) is 0 Å². The molecule has 2 heterocycles. The van der Waals surface area contributed by atoms with Gasteiger partial charge in [0, 0.05) is 24.7 Å². The van der Waals surface area contributed by atoms with Crippen LogP contribution in [0.15, 0.2) is 23.7 Å². The van der Waals surface area contributed by atoms with Crippen molar-refractivity contribution in [2.75, 3.05) is 11.9 Å². The molecule has 0 saturated heterocycles. The third kappa shape index (κ3) is 2.97. The lowest BCUT2D eigenvalue weighted by Gasteiger charge is -1.98. The van der Waals surface area contributed by atoms with E-state index in [1.807, 2.05) is 0 Å². The number of carbonyl (C=O) groups is 1. The number of aryl methyl sites for hydroxylation is 1. The lowest BCUT2D eigenvalue weighted by molar-refractivity contribution is 0.102. The molecule has 0 bridgehead atoms. The van der Waals surface area contributed by atoms with Gasteiger partial charge in [0.05, 0.1) is 17.0 Å². The summed E-state index contributed by atoms with van der Waals surface area (Å²) in [7, 11) is 1.79. The number of nitrogens with zero attached hydrogens (tertiary/aromatic N) is 2. The molecule has 2 aromatic heterocycles. The van der Waals surface area contributed by atoms with Crippen LogP contribution in [0, 0.1) is 11.8 Å². The van der Waals surface area contributed by atoms with Crippen molar-refractivity contribution in [2.45, 2.75) is 0 Å². The van der Waals surface area contributed by atoms with Gasteiger partial charge in [-0.2, -0.15) is 5.10 Å². The van der Waals surface area contributed by atoms with Crippen molar-refractivity contribution < 1.29 is 4.79 Å². The van der Waals surface area contributed by atoms with E-state index in [0.717, 1.165) is 4.88 Å². The Morgan fingerprint density at radius 2 is 2.50 bits per heavy atom. The van der Waals surface area contributed by atoms with E-state index in [2.05, 4.69) is 22.3 Å². The fraction of sp³-hybridized carbons (Fsp3) is 0.167. The van der Waals surface area contributed by atoms with Crippen LogP contribution < -0.4 is 11.1 Å². The van der Waals surface area contributed by atoms with Crippen LogP contribution in [0.4, 0.5) is 5.82 Å². The Balaban J connectivity index is 2.07. The first-order valence-corrected chi connectivity index (χ1v) is 6.15. The van der Waals surface area contributed by atoms with E-state index in [1.54, 1.807) is 35.4 Å². The fourth-order valence-electron chi connectivity index (χ4n) is 1.33. The number of amides is 1. The van der Waals surface area contributed by atoms with Crippen LogP contribution in [0.25, 0.3) is 0 Å². The van der Waals surface area contributed by atoms with Crippen LogP contribution in [0.3, 0.4) is 0 Å². The van der Waals surface area contributed by atoms with Gasteiger partial charge in [-0.1, -0.05) is 11.8 Å². The summed E-state index contributed by atoms with van der Waals surface area (Å²) in [4.78, 5) is 12.7. The summed E-state index contributed by atoms with van der Waals surface area (Å²) in [6.45, 7) is 0.313. The Kier molecular flexibility index (Phi) is 3.77. The summed E-state index contributed by atoms with van der Waals surface area (Å²) in [5.41, 5.74) is 5.86. The van der Waals surface area contributed by atoms with Crippen molar-refractivity contribution in [1.29, 1.82) is 0 Å². The van der Waals surface area contributed by atoms with Crippen molar-refractivity contribution in [2.24, 2.45) is 12.8 Å². The molecular weight excluding hydrogens is 248 g/mol. The summed E-state index contributed by atoms with van der Waals surface area (Å²) in [6.07, 6.45) is 1.77. The molecule has 92 valence electrons. The Labute approximate surface area is 109 Å². The molecule has 0 atom stereocenters. The second kappa shape index (κ2) is 5.49. The van der Waals surface area contributed by atoms with Crippen LogP contribution in [0.1, 0.15) is 15.2 Å². The highest BCUT2D eigenvalue weighted by Gasteiger charge is 2.09. The van der Waals surface area contributed by atoms with Crippen molar-refractivity contribution in [1.82, 2.24) is 9.78 Å². The average molecular weight is 260 g/mol. The molecule has 0 unspecified atom stereocenters. The summed E-state index contributed by atoms with van der Waals surface area (Å²) in [6, 6.07) is 3.48. The molecule has 0 fully saturated rings. The first kappa shape index (κ1) is 12.4. The van der Waals surface area contributed by atoms with Crippen molar-refractivity contribution in [3.8, 4) is 11.8 Å². The number of nitrogens with one attached hydrogen (secondary N) is 1. The molecule has 0 aromatic carbocycles. The molecule has 0 saturated carbocycles. The number of anilines is 1. The zero-order valence-electron chi connectivity index (χ0n) is 9.80. The second-order valence-corrected chi connectivity index (χ2v) is 4.45. The maximum atomic E-state index is 11.9. The third-order valence-corrected chi connectivity index (χ3v) is 2.98. The predicted molar refractivity (Wildman–Crippen MR) is 71.4 cm³/mol. The molecular formula is C12H12N4OS. The largest absolute Gasteiger partial charge is 0.320 e. The Morgan fingerprint density at radius 1 is 1.67 bits per heavy atom. The van der Waals surface area contributed by atoms with E-state index < -0.39 is 0 Å². The molecule has 3 N–H and O–H groups in total. The van der Waals surface area contributed by atoms with Gasteiger partial charge < -0.3 is 11.1 Å². The number of carbonyl (C=O) groups excluding carboxylic acids is 1. The van der Waals surface area contributed by atoms with Gasteiger partial charge >= 0.3 is 0 Å². The van der Waals surface area contributed by atoms with Crippen molar-refractivity contribution in [3.63, 3.8) is 0 Å². The lowest BCUT2D eigenvalue weighted by atomic mass is 10.3. The molecule has 2 rings (SSSR count). The van der Waals surface area contributed by atoms with Crippen molar-refractivity contribution >= 4 is 23.1 Å². The smallest absolute Gasteiger partial charge is 0.257 e. The SMILES string of the molecule is Cn1ccc(NC(=O)c2csc(C#CCN)c2)n1. The molecule has 0 spiro atoms. The number of hydrogen-bond donors (Lipinski definition) is 2. The quantitative estimate of drug-likeness (QED) is 0.793. The fourth-order valence-corrected chi connectivity index (χ4v) is 2.08. The highest BCUT2D eigenvalue weighted by Crippen LogP contribution is 2.15. The third-order valence-electron chi connectivity index (χ3n) is 2.13. The predicted octanol–water partition coefficient (Wildman–Crippen LogP) is 1.04. The van der Waals surface area contributed by atoms with Gasteiger partial charge in [0.25, 0.3) is 5.91 Å². The van der Waals surface area contributed by atoms with Gasteiger partial charge in [-0.3, -0.25) is 9.48 Å². The molecule has 5 nitrogen and oxygen atoms in total. The Morgan fingerprint density at radius 3 is 3.17 bits per heavy atom. The highest BCUT2D eigenvalue weighted by molar-refractivity contribution is 7.10. The number of hydrogen-bond acceptors (Lipinski definition) is 4. The Bertz CT molecular complexity index is 617. The topological polar surface area (TPSA) is 72.9 Å². The molecule has 6 heteroatoms. The molecule has 0 aliphatic rings. The normalized spacial score (nSPS) is 9.67. The minimum Gasteiger partial charge on any atom is -0.320 e. The van der Waals surface area contributed by atoms with Crippen molar-refractivity contribution in [3.05, 3.63) is 34.2 Å². The number of nitrogens with two attached hydrogens (primary N) is 1. The van der Waals surface area contributed by atoms with Gasteiger partial charge in [-0.15, -0.1) is 11.3 Å². The number of aromatic nitrogens is 2. The molecule has 0 radical (unpaired) electrons. The molecule has 0 aliphatic heterocycles. The van der Waals surface area contributed by atoms with Crippen LogP contribution in [-0.4, -0.2) is 22.2 Å². The summed E-state index contributed by atoms with van der Waals surface area (Å²) < 4.78 is 1.63. The minimum absolute atomic E-state index is 0.189. The monoisotopic (exact) mass is 260 g/mol. The van der Waals surface area contributed by atoms with E-state index in [4.69, 9.17) is 5.73 Å². The zero-order valence-corrected chi connectivity index (χ0v) is 10.6. The molecule has 0 aliphatic carbocycles. The maximum absolute atomic E-state index is 11.9. The van der Waals surface area contributed by atoms with E-state index in [9.17, 15) is 4.79 Å². The second-order valence-electron chi connectivity index (χ2n) is 3.53. The van der Waals surface area contributed by atoms with Gasteiger partial charge in [0.15, 0.2) is 5.82 Å². The standard InChI is InChI=1S/C12H12N4OS/c1-16-6-4-11(15-16)14-12(17)9-7-10(18-8-9)3-2-5-13/h4,6-8H,5,13H2,1H3,(H,14,15,17). The van der Waals surface area contributed by atoms with Gasteiger partial charge in [0.1, 0.15) is 0 Å². The van der Waals surface area contributed by atoms with Gasteiger partial charge in [0.2, 0.25) is 0 Å². The highest BCUT2D eigenvalue weighted by atomic mass is 32.1. The average Bonchev–Trinajstić information content (AvgIpc) is 2.96. The van der Waals surface area contributed by atoms with E-state index in [0.29, 0.717) is 17.9 Å². The number of rotatable bonds is 2. The summed E-state index contributed by atoms with van der Waals surface area (Å²) >= 11 is 1.42.